The molecule has 0 spiro atoms. The minimum atomic E-state index is -4.43. The Morgan fingerprint density at radius 2 is 1.61 bits per heavy atom. The van der Waals surface area contributed by atoms with E-state index in [-0.39, 0.29) is 51.8 Å². The maximum Gasteiger partial charge on any atom is 0.327 e. The topological polar surface area (TPSA) is 353 Å². The van der Waals surface area contributed by atoms with Gasteiger partial charge in [-0.15, -0.1) is 11.8 Å². The van der Waals surface area contributed by atoms with Crippen LogP contribution < -0.4 is 51.0 Å². The number of nitrogens with one attached hydrogen (secondary N) is 5. The predicted octanol–water partition coefficient (Wildman–Crippen LogP) is 2.02. The Morgan fingerprint density at radius 1 is 0.875 bits per heavy atom. The zero-order chi connectivity index (χ0) is 61.7. The van der Waals surface area contributed by atoms with Crippen LogP contribution in [0.4, 0.5) is 11.4 Å². The Balaban J connectivity index is 0.663. The van der Waals surface area contributed by atoms with Crippen LogP contribution in [0.2, 0.25) is 0 Å². The molecule has 6 aliphatic rings. The monoisotopic (exact) mass is 1260 g/mol. The van der Waals surface area contributed by atoms with Crippen molar-refractivity contribution < 1.29 is 60.9 Å². The number of rotatable bonds is 21. The van der Waals surface area contributed by atoms with E-state index in [1.54, 1.807) is 25.1 Å². The number of carboxylic acids is 2. The number of amides is 4. The second-order valence-corrected chi connectivity index (χ2v) is 26.5. The van der Waals surface area contributed by atoms with Gasteiger partial charge in [0.1, 0.15) is 42.5 Å². The molecule has 28 heteroatoms. The Morgan fingerprint density at radius 3 is 2.38 bits per heavy atom. The summed E-state index contributed by atoms with van der Waals surface area (Å²) in [5.41, 5.74) is 8.65. The van der Waals surface area contributed by atoms with E-state index in [4.69, 9.17) is 4.74 Å². The number of hydrogen-bond donors (Lipinski definition) is 8. The largest absolute Gasteiger partial charge is 0.480 e. The van der Waals surface area contributed by atoms with E-state index in [2.05, 4.69) is 62.2 Å². The number of nitrogens with zero attached hydrogens (tertiary/aromatic N) is 6. The second-order valence-electron chi connectivity index (χ2n) is 22.5. The molecule has 88 heavy (non-hydrogen) atoms. The van der Waals surface area contributed by atoms with Crippen LogP contribution in [0.3, 0.4) is 0 Å². The first-order valence-electron chi connectivity index (χ1n) is 29.1. The van der Waals surface area contributed by atoms with Gasteiger partial charge in [0.2, 0.25) is 33.1 Å². The summed E-state index contributed by atoms with van der Waals surface area (Å²) in [4.78, 5) is 108. The lowest BCUT2D eigenvalue weighted by molar-refractivity contribution is -0.142. The van der Waals surface area contributed by atoms with E-state index >= 15 is 0 Å². The highest BCUT2D eigenvalue weighted by atomic mass is 32.2. The summed E-state index contributed by atoms with van der Waals surface area (Å²) in [5, 5.41) is 28.6. The van der Waals surface area contributed by atoms with Crippen molar-refractivity contribution in [2.75, 3.05) is 55.2 Å². The number of likely N-dealkylation sites (tertiary alicyclic amines) is 1. The van der Waals surface area contributed by atoms with Crippen LogP contribution in [0, 0.1) is 6.92 Å². The first-order chi connectivity index (χ1) is 42.3. The number of thioether (sulfide) groups is 1. The number of aromatic nitrogens is 4. The SMILES string of the molecule is Cc1nc2ncc(CNc3ccc(C(=O)NC(CCC(=O)NC(CSC4CC(=O)N(CCNS(=O)(=O)c5ccc(C6=c7cc8c9c(c7Oc7c6cc6c%10c7CCCN%10CCC6)CCC[N+]=9CCC8)c(S(=O)O)c5)C4=O)C(=O)O)C(=O)O)cc3)nc2c(=O)[nH]1. The van der Waals surface area contributed by atoms with E-state index in [9.17, 15) is 61.0 Å². The van der Waals surface area contributed by atoms with Gasteiger partial charge >= 0.3 is 11.9 Å². The number of carbonyl (C=O) groups excluding carboxylic acids is 4. The van der Waals surface area contributed by atoms with Gasteiger partial charge < -0.3 is 45.3 Å². The van der Waals surface area contributed by atoms with Crippen LogP contribution in [0.25, 0.3) is 16.7 Å². The highest BCUT2D eigenvalue weighted by Crippen LogP contribution is 2.49. The molecule has 12 rings (SSSR count). The predicted molar refractivity (Wildman–Crippen MR) is 323 cm³/mol. The quantitative estimate of drug-likeness (QED) is 0.0290. The van der Waals surface area contributed by atoms with Crippen LogP contribution in [-0.2, 0) is 77.3 Å². The lowest BCUT2D eigenvalue weighted by atomic mass is 9.82. The molecule has 4 atom stereocenters. The lowest BCUT2D eigenvalue weighted by Gasteiger charge is -2.39. The number of imide groups is 1. The van der Waals surface area contributed by atoms with Gasteiger partial charge in [-0.25, -0.2) is 46.5 Å². The maximum atomic E-state index is 14.0. The van der Waals surface area contributed by atoms with E-state index < -0.39 is 99.0 Å². The zero-order valence-corrected chi connectivity index (χ0v) is 50.1. The lowest BCUT2D eigenvalue weighted by Crippen LogP contribution is -2.45. The zero-order valence-electron chi connectivity index (χ0n) is 47.7. The highest BCUT2D eigenvalue weighted by Gasteiger charge is 2.41. The Kier molecular flexibility index (Phi) is 16.7. The van der Waals surface area contributed by atoms with Gasteiger partial charge in [-0.2, -0.15) is 0 Å². The molecule has 6 aliphatic heterocycles. The number of aliphatic carboxylic acids is 2. The fraction of sp³-hybridized carbons (Fsp3) is 0.383. The Bertz CT molecular complexity index is 4290. The van der Waals surface area contributed by atoms with Crippen LogP contribution in [0.15, 0.2) is 75.4 Å². The molecular weight excluding hydrogens is 1190 g/mol. The van der Waals surface area contributed by atoms with Crippen molar-refractivity contribution in [1.82, 2.24) is 44.8 Å². The third kappa shape index (κ3) is 11.9. The molecule has 4 unspecified atom stereocenters. The molecular formula is C60H62N11O14S3+. The van der Waals surface area contributed by atoms with Crippen molar-refractivity contribution in [3.8, 4) is 11.5 Å². The summed E-state index contributed by atoms with van der Waals surface area (Å²) in [6.07, 6.45) is 7.40. The Hall–Kier alpha value is -8.44. The summed E-state index contributed by atoms with van der Waals surface area (Å²) in [7, 11) is -4.43. The van der Waals surface area contributed by atoms with E-state index in [1.165, 1.54) is 52.6 Å². The average Bonchev–Trinajstić information content (AvgIpc) is 0.867. The molecule has 1 fully saturated rings. The van der Waals surface area contributed by atoms with Crippen LogP contribution in [-0.4, -0.2) is 150 Å². The van der Waals surface area contributed by atoms with Crippen molar-refractivity contribution >= 4 is 96.5 Å². The van der Waals surface area contributed by atoms with Crippen LogP contribution >= 0.6 is 11.8 Å². The van der Waals surface area contributed by atoms with Crippen molar-refractivity contribution in [3.05, 3.63) is 132 Å². The summed E-state index contributed by atoms with van der Waals surface area (Å²) < 4.78 is 64.7. The van der Waals surface area contributed by atoms with Crippen LogP contribution in [0.1, 0.15) is 100 Å². The number of fused-ring (bicyclic) bond motifs is 5. The second kappa shape index (κ2) is 24.6. The molecule has 458 valence electrons. The van der Waals surface area contributed by atoms with E-state index in [0.29, 0.717) is 28.3 Å². The molecule has 8 N–H and O–H groups in total. The molecule has 0 radical (unpaired) electrons. The smallest absolute Gasteiger partial charge is 0.327 e. The molecule has 0 aliphatic carbocycles. The van der Waals surface area contributed by atoms with Gasteiger partial charge in [0, 0.05) is 108 Å². The molecule has 6 aromatic rings. The molecule has 4 amide bonds. The molecule has 0 bridgehead atoms. The molecule has 1 saturated heterocycles. The number of sulfonamides is 1. The minimum absolute atomic E-state index is 0.0781. The molecule has 8 heterocycles. The fourth-order valence-corrected chi connectivity index (χ4v) is 15.6. The van der Waals surface area contributed by atoms with E-state index in [0.717, 1.165) is 128 Å². The van der Waals surface area contributed by atoms with Crippen molar-refractivity contribution in [2.45, 2.75) is 111 Å². The number of carbonyl (C=O) groups is 6. The van der Waals surface area contributed by atoms with Crippen LogP contribution in [0.5, 0.6) is 11.5 Å². The normalized spacial score (nSPS) is 17.7. The first-order valence-corrected chi connectivity index (χ1v) is 32.7. The number of benzene rings is 4. The molecule has 2 aromatic heterocycles. The summed E-state index contributed by atoms with van der Waals surface area (Å²) >= 11 is -1.88. The minimum Gasteiger partial charge on any atom is -0.480 e. The van der Waals surface area contributed by atoms with Crippen molar-refractivity contribution in [2.24, 2.45) is 0 Å². The van der Waals surface area contributed by atoms with Crippen molar-refractivity contribution in [3.63, 3.8) is 0 Å². The molecule has 25 nitrogen and oxygen atoms in total. The number of anilines is 2. The number of ether oxygens (including phenoxy) is 1. The number of carboxylic acid groups (broad SMARTS) is 2. The fourth-order valence-electron chi connectivity index (χ4n) is 12.7. The summed E-state index contributed by atoms with van der Waals surface area (Å²) in [6.45, 7) is 4.79. The number of aromatic amines is 1. The standard InChI is InChI=1S/C60H61N11O14S3/c1-31-64-55-50(57(75)65-31)66-36(29-62-55)28-61-35-12-10-32(11-13-35)56(74)68-43(59(77)78)16-17-47(72)67-44(60(79)80)30-86-45-27-48(73)71(58(45)76)23-18-63-88(83,84)37-14-15-38(46(26-37)87(81)82)49-41-24-33-6-2-19-69-21-4-8-39(51(33)69)53(41)85-54-40-9-5-22-70-20-3-7-34(52(40)70)25-42(49)54/h10-15,24-26,29,43-45,63H,2-9,16-23,27-28,30H2,1H3,(H6-,61,62,64,65,67,68,72,74,75,77,78,79,80,81,82)/p+1. The maximum absolute atomic E-state index is 14.0. The Labute approximate surface area is 509 Å². The summed E-state index contributed by atoms with van der Waals surface area (Å²) in [5.74, 6) is -4.41. The van der Waals surface area contributed by atoms with Gasteiger partial charge in [0.05, 0.1) is 39.0 Å². The third-order valence-corrected chi connectivity index (χ3v) is 20.3. The highest BCUT2D eigenvalue weighted by molar-refractivity contribution is 8.00. The van der Waals surface area contributed by atoms with Gasteiger partial charge in [-0.1, -0.05) is 6.07 Å². The molecule has 4 aromatic carbocycles. The average molecular weight is 1260 g/mol. The summed E-state index contributed by atoms with van der Waals surface area (Å²) in [6, 6.07) is 11.3. The molecule has 0 saturated carbocycles. The number of H-pyrrole nitrogens is 1. The van der Waals surface area contributed by atoms with Crippen molar-refractivity contribution in [1.29, 1.82) is 0 Å². The number of hydrogen-bond acceptors (Lipinski definition) is 17. The third-order valence-electron chi connectivity index (χ3n) is 16.8. The van der Waals surface area contributed by atoms with Gasteiger partial charge in [0.25, 0.3) is 11.5 Å². The van der Waals surface area contributed by atoms with Gasteiger partial charge in [0.15, 0.2) is 22.2 Å². The first kappa shape index (κ1) is 59.9. The van der Waals surface area contributed by atoms with E-state index in [1.807, 2.05) is 0 Å². The number of aryl methyl sites for hydroxylation is 3. The van der Waals surface area contributed by atoms with Gasteiger partial charge in [-0.05, 0) is 106 Å². The van der Waals surface area contributed by atoms with Gasteiger partial charge in [-0.3, -0.25) is 28.9 Å².